The standard InChI is InChI=1S/C25H33N3O5/c1-6-32-21-14-16(10-11-20(21)31-5)19(12-13-27-24(30)33-25(2,3)4)28-15-17-8-7-9-18(26)22(17)23(28)29/h7-11,14,19H,6,12-13,15,26H2,1-5H3,(H,27,30). The minimum Gasteiger partial charge on any atom is -0.493 e. The minimum absolute atomic E-state index is 0.126. The fraction of sp³-hybridized carbons (Fsp3) is 0.440. The van der Waals surface area contributed by atoms with Crippen LogP contribution in [0.15, 0.2) is 36.4 Å². The molecule has 0 aliphatic carbocycles. The van der Waals surface area contributed by atoms with Gasteiger partial charge < -0.3 is 30.2 Å². The van der Waals surface area contributed by atoms with Crippen LogP contribution in [0.1, 0.15) is 61.6 Å². The summed E-state index contributed by atoms with van der Waals surface area (Å²) in [5.41, 5.74) is 8.30. The maximum atomic E-state index is 13.3. The molecule has 0 saturated carbocycles. The number of nitrogens with one attached hydrogen (secondary N) is 1. The molecule has 0 fully saturated rings. The van der Waals surface area contributed by atoms with E-state index in [1.165, 1.54) is 0 Å². The summed E-state index contributed by atoms with van der Waals surface area (Å²) >= 11 is 0. The Bertz CT molecular complexity index is 1020. The fourth-order valence-corrected chi connectivity index (χ4v) is 3.96. The molecule has 8 heteroatoms. The van der Waals surface area contributed by atoms with E-state index in [4.69, 9.17) is 19.9 Å². The Kier molecular flexibility index (Phi) is 7.36. The van der Waals surface area contributed by atoms with E-state index in [1.54, 1.807) is 18.1 Å². The van der Waals surface area contributed by atoms with Gasteiger partial charge in [0.1, 0.15) is 5.60 Å². The highest BCUT2D eigenvalue weighted by Gasteiger charge is 2.35. The number of methoxy groups -OCH3 is 1. The Hall–Kier alpha value is -3.42. The first kappa shape index (κ1) is 24.2. The molecule has 2 aromatic carbocycles. The number of alkyl carbamates (subject to hydrolysis) is 1. The van der Waals surface area contributed by atoms with E-state index in [0.29, 0.717) is 48.9 Å². The molecular formula is C25H33N3O5. The molecule has 1 heterocycles. The molecule has 0 spiro atoms. The Balaban J connectivity index is 1.88. The van der Waals surface area contributed by atoms with Crippen molar-refractivity contribution in [1.82, 2.24) is 10.2 Å². The van der Waals surface area contributed by atoms with Gasteiger partial charge in [0.05, 0.1) is 25.3 Å². The van der Waals surface area contributed by atoms with E-state index >= 15 is 0 Å². The van der Waals surface area contributed by atoms with Crippen LogP contribution >= 0.6 is 0 Å². The first-order valence-electron chi connectivity index (χ1n) is 11.1. The van der Waals surface area contributed by atoms with Crippen molar-refractivity contribution in [3.8, 4) is 11.5 Å². The molecule has 1 aliphatic rings. The van der Waals surface area contributed by atoms with Crippen molar-refractivity contribution in [3.05, 3.63) is 53.1 Å². The monoisotopic (exact) mass is 455 g/mol. The van der Waals surface area contributed by atoms with Gasteiger partial charge in [0.2, 0.25) is 0 Å². The van der Waals surface area contributed by atoms with Gasteiger partial charge in [0.15, 0.2) is 11.5 Å². The Labute approximate surface area is 195 Å². The lowest BCUT2D eigenvalue weighted by Crippen LogP contribution is -2.36. The van der Waals surface area contributed by atoms with Crippen LogP contribution in [0.4, 0.5) is 10.5 Å². The van der Waals surface area contributed by atoms with Crippen molar-refractivity contribution in [3.63, 3.8) is 0 Å². The van der Waals surface area contributed by atoms with Crippen LogP contribution in [0.2, 0.25) is 0 Å². The molecule has 1 unspecified atom stereocenters. The Morgan fingerprint density at radius 1 is 1.21 bits per heavy atom. The second kappa shape index (κ2) is 10.0. The highest BCUT2D eigenvalue weighted by molar-refractivity contribution is 6.03. The fourth-order valence-electron chi connectivity index (χ4n) is 3.96. The lowest BCUT2D eigenvalue weighted by atomic mass is 10.0. The minimum atomic E-state index is -0.587. The largest absolute Gasteiger partial charge is 0.493 e. The summed E-state index contributed by atoms with van der Waals surface area (Å²) in [5.74, 6) is 1.09. The molecule has 2 amide bonds. The third-order valence-corrected chi connectivity index (χ3v) is 5.33. The molecule has 178 valence electrons. The zero-order valence-electron chi connectivity index (χ0n) is 19.9. The number of nitrogens with two attached hydrogens (primary N) is 1. The van der Waals surface area contributed by atoms with Gasteiger partial charge in [-0.15, -0.1) is 0 Å². The molecular weight excluding hydrogens is 422 g/mol. The smallest absolute Gasteiger partial charge is 0.407 e. The third-order valence-electron chi connectivity index (χ3n) is 5.33. The van der Waals surface area contributed by atoms with Gasteiger partial charge in [-0.3, -0.25) is 4.79 Å². The number of rotatable bonds is 8. The second-order valence-corrected chi connectivity index (χ2v) is 8.89. The molecule has 33 heavy (non-hydrogen) atoms. The second-order valence-electron chi connectivity index (χ2n) is 8.89. The van der Waals surface area contributed by atoms with Crippen LogP contribution in [0.25, 0.3) is 0 Å². The number of anilines is 1. The summed E-state index contributed by atoms with van der Waals surface area (Å²) < 4.78 is 16.5. The predicted molar refractivity (Wildman–Crippen MR) is 126 cm³/mol. The zero-order chi connectivity index (χ0) is 24.2. The number of benzene rings is 2. The van der Waals surface area contributed by atoms with Crippen molar-refractivity contribution >= 4 is 17.7 Å². The van der Waals surface area contributed by atoms with Crippen molar-refractivity contribution in [2.45, 2.75) is 52.3 Å². The van der Waals surface area contributed by atoms with Gasteiger partial charge in [-0.25, -0.2) is 4.79 Å². The average molecular weight is 456 g/mol. The van der Waals surface area contributed by atoms with Gasteiger partial charge in [0.25, 0.3) is 5.91 Å². The van der Waals surface area contributed by atoms with Crippen LogP contribution < -0.4 is 20.5 Å². The van der Waals surface area contributed by atoms with E-state index in [-0.39, 0.29) is 11.9 Å². The van der Waals surface area contributed by atoms with E-state index in [2.05, 4.69) is 5.32 Å². The molecule has 0 radical (unpaired) electrons. The third kappa shape index (κ3) is 5.69. The van der Waals surface area contributed by atoms with Crippen molar-refractivity contribution < 1.29 is 23.8 Å². The van der Waals surface area contributed by atoms with Crippen molar-refractivity contribution in [1.29, 1.82) is 0 Å². The summed E-state index contributed by atoms with van der Waals surface area (Å²) in [6.45, 7) is 8.58. The summed E-state index contributed by atoms with van der Waals surface area (Å²) in [7, 11) is 1.59. The molecule has 0 aromatic heterocycles. The molecule has 2 aromatic rings. The molecule has 0 bridgehead atoms. The first-order chi connectivity index (χ1) is 15.6. The van der Waals surface area contributed by atoms with E-state index in [9.17, 15) is 9.59 Å². The Morgan fingerprint density at radius 2 is 1.97 bits per heavy atom. The average Bonchev–Trinajstić information content (AvgIpc) is 3.07. The van der Waals surface area contributed by atoms with Gasteiger partial charge in [-0.2, -0.15) is 0 Å². The lowest BCUT2D eigenvalue weighted by molar-refractivity contribution is 0.0520. The van der Waals surface area contributed by atoms with Gasteiger partial charge in [0, 0.05) is 18.8 Å². The van der Waals surface area contributed by atoms with Crippen LogP contribution in [-0.2, 0) is 11.3 Å². The number of nitrogen functional groups attached to an aromatic ring is 1. The highest BCUT2D eigenvalue weighted by atomic mass is 16.6. The quantitative estimate of drug-likeness (QED) is 0.576. The number of hydrogen-bond donors (Lipinski definition) is 2. The van der Waals surface area contributed by atoms with E-state index < -0.39 is 11.7 Å². The number of nitrogens with zero attached hydrogens (tertiary/aromatic N) is 1. The maximum Gasteiger partial charge on any atom is 0.407 e. The molecule has 3 N–H and O–H groups in total. The van der Waals surface area contributed by atoms with Crippen LogP contribution in [0, 0.1) is 0 Å². The highest BCUT2D eigenvalue weighted by Crippen LogP contribution is 2.38. The molecule has 3 rings (SSSR count). The van der Waals surface area contributed by atoms with Crippen LogP contribution in [0.5, 0.6) is 11.5 Å². The Morgan fingerprint density at radius 3 is 2.61 bits per heavy atom. The topological polar surface area (TPSA) is 103 Å². The maximum absolute atomic E-state index is 13.3. The van der Waals surface area contributed by atoms with Gasteiger partial charge in [-0.1, -0.05) is 18.2 Å². The van der Waals surface area contributed by atoms with Gasteiger partial charge in [-0.05, 0) is 63.4 Å². The SMILES string of the molecule is CCOc1cc(C(CCNC(=O)OC(C)(C)C)N2Cc3cccc(N)c3C2=O)ccc1OC. The van der Waals surface area contributed by atoms with E-state index in [1.807, 2.05) is 58.0 Å². The summed E-state index contributed by atoms with van der Waals surface area (Å²) in [6, 6.07) is 10.8. The van der Waals surface area contributed by atoms with Crippen LogP contribution in [0.3, 0.4) is 0 Å². The molecule has 0 saturated heterocycles. The summed E-state index contributed by atoms with van der Waals surface area (Å²) in [4.78, 5) is 27.3. The zero-order valence-corrected chi connectivity index (χ0v) is 19.9. The number of amides is 2. The lowest BCUT2D eigenvalue weighted by Gasteiger charge is -2.29. The summed E-state index contributed by atoms with van der Waals surface area (Å²) in [5, 5.41) is 2.79. The van der Waals surface area contributed by atoms with Gasteiger partial charge >= 0.3 is 6.09 Å². The number of ether oxygens (including phenoxy) is 3. The predicted octanol–water partition coefficient (Wildman–Crippen LogP) is 4.29. The van der Waals surface area contributed by atoms with Crippen molar-refractivity contribution in [2.24, 2.45) is 0 Å². The number of carbonyl (C=O) groups is 2. The van der Waals surface area contributed by atoms with E-state index in [0.717, 1.165) is 11.1 Å². The molecule has 1 atom stereocenters. The molecule has 1 aliphatic heterocycles. The van der Waals surface area contributed by atoms with Crippen molar-refractivity contribution in [2.75, 3.05) is 26.0 Å². The van der Waals surface area contributed by atoms with Crippen LogP contribution in [-0.4, -0.2) is 42.8 Å². The summed E-state index contributed by atoms with van der Waals surface area (Å²) in [6.07, 6.45) is -0.0113. The number of fused-ring (bicyclic) bond motifs is 1. The first-order valence-corrected chi connectivity index (χ1v) is 11.1. The number of hydrogen-bond acceptors (Lipinski definition) is 6. The number of carbonyl (C=O) groups excluding carboxylic acids is 2. The normalized spacial score (nSPS) is 14.0. The molecule has 8 nitrogen and oxygen atoms in total.